The molecule has 8 heteroatoms. The highest BCUT2D eigenvalue weighted by molar-refractivity contribution is 5.93. The molecule has 1 amide bonds. The number of carbonyl (C=O) groups is 1. The van der Waals surface area contributed by atoms with Gasteiger partial charge < -0.3 is 9.73 Å². The average Bonchev–Trinajstić information content (AvgIpc) is 2.68. The monoisotopic (exact) mass is 432 g/mol. The zero-order valence-electron chi connectivity index (χ0n) is 17.5. The second-order valence-electron chi connectivity index (χ2n) is 7.42. The van der Waals surface area contributed by atoms with Crippen LogP contribution in [0, 0.1) is 13.8 Å². The van der Waals surface area contributed by atoms with Crippen LogP contribution < -0.4 is 10.9 Å². The number of anilines is 1. The van der Waals surface area contributed by atoms with Crippen LogP contribution in [-0.2, 0) is 17.5 Å². The number of fused-ring (bicyclic) bond motifs is 1. The number of carbonyl (C=O) groups excluding carboxylic acids is 1. The summed E-state index contributed by atoms with van der Waals surface area (Å²) >= 11 is 0. The Morgan fingerprint density at radius 2 is 1.77 bits per heavy atom. The third-order valence-corrected chi connectivity index (χ3v) is 5.16. The lowest BCUT2D eigenvalue weighted by atomic mass is 10.0. The smallest absolute Gasteiger partial charge is 0.418 e. The summed E-state index contributed by atoms with van der Waals surface area (Å²) in [6.07, 6.45) is -4.57. The molecule has 0 radical (unpaired) electrons. The molecule has 0 saturated heterocycles. The predicted octanol–water partition coefficient (Wildman–Crippen LogP) is 4.89. The number of amides is 1. The van der Waals surface area contributed by atoms with Gasteiger partial charge >= 0.3 is 11.8 Å². The maximum Gasteiger partial charge on any atom is 0.418 e. The van der Waals surface area contributed by atoms with Crippen LogP contribution in [0.5, 0.6) is 0 Å². The van der Waals surface area contributed by atoms with Gasteiger partial charge in [-0.25, -0.2) is 4.79 Å². The second kappa shape index (κ2) is 8.93. The Bertz CT molecular complexity index is 1170. The lowest BCUT2D eigenvalue weighted by Gasteiger charge is -2.21. The van der Waals surface area contributed by atoms with E-state index in [9.17, 15) is 22.8 Å². The molecule has 1 N–H and O–H groups in total. The number of nitrogens with one attached hydrogen (secondary N) is 1. The fraction of sp³-hybridized carbons (Fsp3) is 0.304. The minimum atomic E-state index is -4.57. The van der Waals surface area contributed by atoms with E-state index in [1.54, 1.807) is 11.0 Å². The molecular weight excluding hydrogens is 409 g/mol. The van der Waals surface area contributed by atoms with E-state index >= 15 is 0 Å². The van der Waals surface area contributed by atoms with Crippen molar-refractivity contribution in [2.24, 2.45) is 0 Å². The Morgan fingerprint density at radius 1 is 1.10 bits per heavy atom. The molecule has 164 valence electrons. The molecule has 0 aliphatic heterocycles. The zero-order chi connectivity index (χ0) is 22.8. The van der Waals surface area contributed by atoms with Crippen LogP contribution in [0.3, 0.4) is 0 Å². The molecule has 1 heterocycles. The number of rotatable bonds is 6. The van der Waals surface area contributed by atoms with Crippen LogP contribution in [0.25, 0.3) is 11.0 Å². The lowest BCUT2D eigenvalue weighted by molar-refractivity contribution is -0.137. The van der Waals surface area contributed by atoms with Crippen molar-refractivity contribution in [2.75, 3.05) is 18.4 Å². The number of nitrogens with zero attached hydrogens (tertiary/aromatic N) is 1. The average molecular weight is 432 g/mol. The van der Waals surface area contributed by atoms with Gasteiger partial charge in [-0.3, -0.25) is 9.69 Å². The highest BCUT2D eigenvalue weighted by Gasteiger charge is 2.33. The van der Waals surface area contributed by atoms with Crippen molar-refractivity contribution in [2.45, 2.75) is 33.5 Å². The molecule has 0 bridgehead atoms. The van der Waals surface area contributed by atoms with E-state index in [4.69, 9.17) is 4.42 Å². The Hall–Kier alpha value is -3.13. The van der Waals surface area contributed by atoms with Crippen LogP contribution >= 0.6 is 0 Å². The Balaban J connectivity index is 1.81. The molecular formula is C23H23F3N2O3. The highest BCUT2D eigenvalue weighted by Crippen LogP contribution is 2.34. The summed E-state index contributed by atoms with van der Waals surface area (Å²) in [5, 5.41) is 3.12. The number of para-hydroxylation sites is 1. The van der Waals surface area contributed by atoms with Crippen LogP contribution in [0.4, 0.5) is 18.9 Å². The van der Waals surface area contributed by atoms with Gasteiger partial charge in [0.25, 0.3) is 0 Å². The van der Waals surface area contributed by atoms with Crippen molar-refractivity contribution < 1.29 is 22.4 Å². The Morgan fingerprint density at radius 3 is 2.45 bits per heavy atom. The minimum absolute atomic E-state index is 0.130. The fourth-order valence-corrected chi connectivity index (χ4v) is 3.37. The van der Waals surface area contributed by atoms with E-state index in [2.05, 4.69) is 5.32 Å². The van der Waals surface area contributed by atoms with Crippen LogP contribution in [0.2, 0.25) is 0 Å². The van der Waals surface area contributed by atoms with E-state index < -0.39 is 23.3 Å². The van der Waals surface area contributed by atoms with E-state index in [0.29, 0.717) is 17.7 Å². The summed E-state index contributed by atoms with van der Waals surface area (Å²) in [5.74, 6) is -0.571. The molecule has 0 unspecified atom stereocenters. The zero-order valence-corrected chi connectivity index (χ0v) is 17.5. The minimum Gasteiger partial charge on any atom is -0.423 e. The topological polar surface area (TPSA) is 62.6 Å². The van der Waals surface area contributed by atoms with E-state index in [0.717, 1.165) is 22.6 Å². The summed E-state index contributed by atoms with van der Waals surface area (Å²) < 4.78 is 44.8. The van der Waals surface area contributed by atoms with Crippen LogP contribution in [0.15, 0.2) is 51.7 Å². The summed E-state index contributed by atoms with van der Waals surface area (Å²) in [5.41, 5.74) is 1.50. The largest absolute Gasteiger partial charge is 0.423 e. The first-order valence-corrected chi connectivity index (χ1v) is 9.81. The molecule has 0 aliphatic carbocycles. The van der Waals surface area contributed by atoms with Gasteiger partial charge in [0.1, 0.15) is 5.58 Å². The van der Waals surface area contributed by atoms with Gasteiger partial charge in [0.05, 0.1) is 17.8 Å². The van der Waals surface area contributed by atoms with Crippen molar-refractivity contribution in [3.63, 3.8) is 0 Å². The van der Waals surface area contributed by atoms with E-state index in [-0.39, 0.29) is 18.8 Å². The number of halogens is 3. The molecule has 3 rings (SSSR count). The first kappa shape index (κ1) is 22.6. The summed E-state index contributed by atoms with van der Waals surface area (Å²) in [6, 6.07) is 9.96. The summed E-state index contributed by atoms with van der Waals surface area (Å²) in [7, 11) is 0. The van der Waals surface area contributed by atoms with Gasteiger partial charge in [-0.05, 0) is 61.3 Å². The SMILES string of the molecule is CCN(CC(=O)Nc1ccccc1C(F)(F)F)Cc1cc(=O)oc2cc(C)c(C)cc12. The van der Waals surface area contributed by atoms with Gasteiger partial charge in [-0.2, -0.15) is 13.2 Å². The molecule has 0 fully saturated rings. The number of hydrogen-bond donors (Lipinski definition) is 1. The molecule has 1 aromatic heterocycles. The number of alkyl halides is 3. The fourth-order valence-electron chi connectivity index (χ4n) is 3.37. The van der Waals surface area contributed by atoms with E-state index in [1.807, 2.05) is 26.8 Å². The quantitative estimate of drug-likeness (QED) is 0.564. The Kier molecular flexibility index (Phi) is 6.50. The maximum absolute atomic E-state index is 13.2. The van der Waals surface area contributed by atoms with Gasteiger partial charge in [-0.15, -0.1) is 0 Å². The van der Waals surface area contributed by atoms with Gasteiger partial charge in [-0.1, -0.05) is 19.1 Å². The number of likely N-dealkylation sites (N-methyl/N-ethyl adjacent to an activating group) is 1. The number of benzene rings is 2. The second-order valence-corrected chi connectivity index (χ2v) is 7.42. The molecule has 0 spiro atoms. The first-order chi connectivity index (χ1) is 14.6. The number of hydrogen-bond acceptors (Lipinski definition) is 4. The molecule has 0 atom stereocenters. The van der Waals surface area contributed by atoms with Gasteiger partial charge in [0.2, 0.25) is 5.91 Å². The Labute approximate surface area is 177 Å². The number of aryl methyl sites for hydroxylation is 2. The van der Waals surface area contributed by atoms with E-state index in [1.165, 1.54) is 24.3 Å². The van der Waals surface area contributed by atoms with Gasteiger partial charge in [0, 0.05) is 18.0 Å². The van der Waals surface area contributed by atoms with Crippen molar-refractivity contribution in [3.8, 4) is 0 Å². The standard InChI is InChI=1S/C23H23F3N2O3/c1-4-28(13-21(29)27-19-8-6-5-7-18(19)23(24,25)26)12-16-11-22(30)31-20-10-15(3)14(2)9-17(16)20/h5-11H,4,12-13H2,1-3H3,(H,27,29). The van der Waals surface area contributed by atoms with Crippen molar-refractivity contribution in [3.05, 3.63) is 75.1 Å². The third-order valence-electron chi connectivity index (χ3n) is 5.16. The molecule has 0 aliphatic rings. The molecule has 5 nitrogen and oxygen atoms in total. The van der Waals surface area contributed by atoms with Crippen molar-refractivity contribution in [1.29, 1.82) is 0 Å². The lowest BCUT2D eigenvalue weighted by Crippen LogP contribution is -2.33. The molecule has 3 aromatic rings. The first-order valence-electron chi connectivity index (χ1n) is 9.81. The normalized spacial score (nSPS) is 11.8. The van der Waals surface area contributed by atoms with Crippen LogP contribution in [-0.4, -0.2) is 23.9 Å². The highest BCUT2D eigenvalue weighted by atomic mass is 19.4. The van der Waals surface area contributed by atoms with Crippen molar-refractivity contribution >= 4 is 22.6 Å². The molecule has 2 aromatic carbocycles. The van der Waals surface area contributed by atoms with Gasteiger partial charge in [0.15, 0.2) is 0 Å². The van der Waals surface area contributed by atoms with Crippen LogP contribution in [0.1, 0.15) is 29.2 Å². The maximum atomic E-state index is 13.2. The summed E-state index contributed by atoms with van der Waals surface area (Å²) in [4.78, 5) is 26.2. The third kappa shape index (κ3) is 5.32. The molecule has 31 heavy (non-hydrogen) atoms. The van der Waals surface area contributed by atoms with Crippen molar-refractivity contribution in [1.82, 2.24) is 4.90 Å². The summed E-state index contributed by atoms with van der Waals surface area (Å²) in [6.45, 7) is 6.31. The predicted molar refractivity (Wildman–Crippen MR) is 113 cm³/mol. The molecule has 0 saturated carbocycles.